The summed E-state index contributed by atoms with van der Waals surface area (Å²) < 4.78 is 0. The standard InChI is InChI=1S/C11H17N3/c1-2-4-10-9(3-1)11(14-13-10)5-8-6-12-7-8/h8,12H,1-7H2,(H,13,14). The van der Waals surface area contributed by atoms with Crippen LogP contribution in [0.25, 0.3) is 0 Å². The Morgan fingerprint density at radius 1 is 1.21 bits per heavy atom. The summed E-state index contributed by atoms with van der Waals surface area (Å²) in [7, 11) is 0. The van der Waals surface area contributed by atoms with Gasteiger partial charge in [0.1, 0.15) is 0 Å². The van der Waals surface area contributed by atoms with Gasteiger partial charge in [0.25, 0.3) is 0 Å². The van der Waals surface area contributed by atoms with Gasteiger partial charge in [0.05, 0.1) is 5.69 Å². The van der Waals surface area contributed by atoms with E-state index in [1.165, 1.54) is 56.6 Å². The number of rotatable bonds is 2. The van der Waals surface area contributed by atoms with E-state index in [1.807, 2.05) is 0 Å². The second-order valence-corrected chi connectivity index (χ2v) is 4.56. The molecule has 0 aromatic carbocycles. The fourth-order valence-corrected chi connectivity index (χ4v) is 2.48. The maximum Gasteiger partial charge on any atom is 0.0660 e. The molecular weight excluding hydrogens is 174 g/mol. The minimum atomic E-state index is 0.837. The molecule has 2 N–H and O–H groups in total. The lowest BCUT2D eigenvalue weighted by molar-refractivity contribution is 0.343. The van der Waals surface area contributed by atoms with Crippen molar-refractivity contribution in [3.05, 3.63) is 17.0 Å². The molecule has 3 rings (SSSR count). The summed E-state index contributed by atoms with van der Waals surface area (Å²) in [5.41, 5.74) is 4.31. The Morgan fingerprint density at radius 2 is 2.07 bits per heavy atom. The molecule has 0 saturated carbocycles. The highest BCUT2D eigenvalue weighted by atomic mass is 15.1. The van der Waals surface area contributed by atoms with E-state index in [9.17, 15) is 0 Å². The maximum atomic E-state index is 4.47. The molecule has 1 saturated heterocycles. The summed E-state index contributed by atoms with van der Waals surface area (Å²) in [6, 6.07) is 0. The molecule has 0 spiro atoms. The summed E-state index contributed by atoms with van der Waals surface area (Å²) in [6.07, 6.45) is 6.33. The van der Waals surface area contributed by atoms with Gasteiger partial charge in [0, 0.05) is 5.69 Å². The van der Waals surface area contributed by atoms with Crippen molar-refractivity contribution in [3.8, 4) is 0 Å². The van der Waals surface area contributed by atoms with E-state index in [4.69, 9.17) is 0 Å². The van der Waals surface area contributed by atoms with Gasteiger partial charge in [-0.25, -0.2) is 0 Å². The SMILES string of the molecule is C1CCc2c(CC3CNC3)n[nH]c2C1. The van der Waals surface area contributed by atoms with Crippen LogP contribution in [0.15, 0.2) is 0 Å². The van der Waals surface area contributed by atoms with E-state index in [0.29, 0.717) is 0 Å². The molecule has 1 aromatic rings. The molecule has 3 heteroatoms. The van der Waals surface area contributed by atoms with Crippen molar-refractivity contribution in [1.82, 2.24) is 15.5 Å². The quantitative estimate of drug-likeness (QED) is 0.733. The van der Waals surface area contributed by atoms with Gasteiger partial charge in [-0.05, 0) is 56.7 Å². The first kappa shape index (κ1) is 8.48. The van der Waals surface area contributed by atoms with E-state index in [2.05, 4.69) is 15.5 Å². The average Bonchev–Trinajstić information content (AvgIpc) is 2.55. The van der Waals surface area contributed by atoms with Crippen molar-refractivity contribution >= 4 is 0 Å². The second kappa shape index (κ2) is 3.39. The highest BCUT2D eigenvalue weighted by Crippen LogP contribution is 2.24. The number of aromatic nitrogens is 2. The maximum absolute atomic E-state index is 4.47. The summed E-state index contributed by atoms with van der Waals surface area (Å²) >= 11 is 0. The molecule has 14 heavy (non-hydrogen) atoms. The number of fused-ring (bicyclic) bond motifs is 1. The smallest absolute Gasteiger partial charge is 0.0660 e. The van der Waals surface area contributed by atoms with Crippen LogP contribution in [0.2, 0.25) is 0 Å². The first-order valence-corrected chi connectivity index (χ1v) is 5.69. The van der Waals surface area contributed by atoms with E-state index in [0.717, 1.165) is 5.92 Å². The van der Waals surface area contributed by atoms with Gasteiger partial charge in [-0.1, -0.05) is 0 Å². The third kappa shape index (κ3) is 1.36. The predicted molar refractivity (Wildman–Crippen MR) is 55.3 cm³/mol. The Morgan fingerprint density at radius 3 is 2.86 bits per heavy atom. The molecule has 0 radical (unpaired) electrons. The molecule has 0 atom stereocenters. The van der Waals surface area contributed by atoms with E-state index in [-0.39, 0.29) is 0 Å². The van der Waals surface area contributed by atoms with Crippen LogP contribution in [0.3, 0.4) is 0 Å². The largest absolute Gasteiger partial charge is 0.316 e. The van der Waals surface area contributed by atoms with Crippen LogP contribution in [-0.2, 0) is 19.3 Å². The van der Waals surface area contributed by atoms with Crippen molar-refractivity contribution in [1.29, 1.82) is 0 Å². The van der Waals surface area contributed by atoms with Crippen LogP contribution in [0.1, 0.15) is 29.8 Å². The summed E-state index contributed by atoms with van der Waals surface area (Å²) in [5.74, 6) is 0.837. The van der Waals surface area contributed by atoms with Gasteiger partial charge < -0.3 is 5.32 Å². The number of H-pyrrole nitrogens is 1. The summed E-state index contributed by atoms with van der Waals surface area (Å²) in [6.45, 7) is 2.36. The monoisotopic (exact) mass is 191 g/mol. The third-order valence-corrected chi connectivity index (χ3v) is 3.49. The van der Waals surface area contributed by atoms with Crippen molar-refractivity contribution in [2.45, 2.75) is 32.1 Å². The second-order valence-electron chi connectivity index (χ2n) is 4.56. The summed E-state index contributed by atoms with van der Waals surface area (Å²) in [4.78, 5) is 0. The lowest BCUT2D eigenvalue weighted by Gasteiger charge is -2.26. The van der Waals surface area contributed by atoms with Crippen molar-refractivity contribution < 1.29 is 0 Å². The zero-order valence-electron chi connectivity index (χ0n) is 8.47. The number of aryl methyl sites for hydroxylation is 1. The predicted octanol–water partition coefficient (Wildman–Crippen LogP) is 1.05. The van der Waals surface area contributed by atoms with Gasteiger partial charge >= 0.3 is 0 Å². The van der Waals surface area contributed by atoms with Gasteiger partial charge in [-0.3, -0.25) is 5.10 Å². The lowest BCUT2D eigenvalue weighted by atomic mass is 9.90. The van der Waals surface area contributed by atoms with Crippen LogP contribution in [0.5, 0.6) is 0 Å². The van der Waals surface area contributed by atoms with Crippen LogP contribution in [-0.4, -0.2) is 23.3 Å². The zero-order valence-corrected chi connectivity index (χ0v) is 8.47. The summed E-state index contributed by atoms with van der Waals surface area (Å²) in [5, 5.41) is 11.0. The fraction of sp³-hybridized carbons (Fsp3) is 0.727. The molecule has 3 nitrogen and oxygen atoms in total. The Balaban J connectivity index is 1.79. The van der Waals surface area contributed by atoms with Gasteiger partial charge in [-0.15, -0.1) is 0 Å². The first-order chi connectivity index (χ1) is 6.93. The minimum absolute atomic E-state index is 0.837. The van der Waals surface area contributed by atoms with Gasteiger partial charge in [-0.2, -0.15) is 5.10 Å². The Labute approximate surface area is 84.3 Å². The van der Waals surface area contributed by atoms with Crippen molar-refractivity contribution in [3.63, 3.8) is 0 Å². The molecule has 2 aliphatic rings. The topological polar surface area (TPSA) is 40.7 Å². The Bertz CT molecular complexity index is 325. The number of hydrogen-bond acceptors (Lipinski definition) is 2. The zero-order chi connectivity index (χ0) is 9.38. The molecule has 1 aliphatic carbocycles. The number of hydrogen-bond donors (Lipinski definition) is 2. The van der Waals surface area contributed by atoms with Crippen LogP contribution in [0, 0.1) is 5.92 Å². The van der Waals surface area contributed by atoms with E-state index in [1.54, 1.807) is 5.56 Å². The van der Waals surface area contributed by atoms with Crippen LogP contribution >= 0.6 is 0 Å². The molecule has 1 aromatic heterocycles. The van der Waals surface area contributed by atoms with E-state index >= 15 is 0 Å². The van der Waals surface area contributed by atoms with Crippen LogP contribution < -0.4 is 5.32 Å². The third-order valence-electron chi connectivity index (χ3n) is 3.49. The number of aromatic amines is 1. The first-order valence-electron chi connectivity index (χ1n) is 5.69. The van der Waals surface area contributed by atoms with Crippen molar-refractivity contribution in [2.24, 2.45) is 5.92 Å². The molecule has 1 aliphatic heterocycles. The van der Waals surface area contributed by atoms with Gasteiger partial charge in [0.2, 0.25) is 0 Å². The lowest BCUT2D eigenvalue weighted by Crippen LogP contribution is -2.43. The Hall–Kier alpha value is -0.830. The molecule has 0 unspecified atom stereocenters. The van der Waals surface area contributed by atoms with E-state index < -0.39 is 0 Å². The number of nitrogens with one attached hydrogen (secondary N) is 2. The molecule has 0 bridgehead atoms. The minimum Gasteiger partial charge on any atom is -0.316 e. The molecule has 1 fully saturated rings. The average molecular weight is 191 g/mol. The molecular formula is C11H17N3. The van der Waals surface area contributed by atoms with Crippen molar-refractivity contribution in [2.75, 3.05) is 13.1 Å². The normalized spacial score (nSPS) is 21.7. The molecule has 2 heterocycles. The molecule has 0 amide bonds. The molecule has 76 valence electrons. The fourth-order valence-electron chi connectivity index (χ4n) is 2.48. The van der Waals surface area contributed by atoms with Gasteiger partial charge in [0.15, 0.2) is 0 Å². The number of nitrogens with zero attached hydrogens (tertiary/aromatic N) is 1. The van der Waals surface area contributed by atoms with Crippen LogP contribution in [0.4, 0.5) is 0 Å². The highest BCUT2D eigenvalue weighted by Gasteiger charge is 2.22. The highest BCUT2D eigenvalue weighted by molar-refractivity contribution is 5.28. The Kier molecular flexibility index (Phi) is 2.05.